The summed E-state index contributed by atoms with van der Waals surface area (Å²) >= 11 is 0. The third-order valence-corrected chi connectivity index (χ3v) is 2.93. The van der Waals surface area contributed by atoms with Crippen LogP contribution in [0.4, 0.5) is 11.4 Å². The number of nitro groups is 1. The minimum Gasteiger partial charge on any atom is -0.421 e. The SMILES string of the molecule is CCCc1cc(-c2cccc([N+](=O)[O-])c2)oc(=O)c1N. The quantitative estimate of drug-likeness (QED) is 0.682. The van der Waals surface area contributed by atoms with Crippen molar-refractivity contribution in [1.82, 2.24) is 0 Å². The van der Waals surface area contributed by atoms with Crippen LogP contribution in [0.1, 0.15) is 18.9 Å². The van der Waals surface area contributed by atoms with E-state index in [1.54, 1.807) is 18.2 Å². The number of aryl methyl sites for hydroxylation is 1. The number of rotatable bonds is 4. The minimum atomic E-state index is -0.613. The van der Waals surface area contributed by atoms with Crippen molar-refractivity contribution in [3.63, 3.8) is 0 Å². The summed E-state index contributed by atoms with van der Waals surface area (Å²) in [4.78, 5) is 22.0. The van der Waals surface area contributed by atoms with Gasteiger partial charge in [0.25, 0.3) is 5.69 Å². The van der Waals surface area contributed by atoms with Crippen LogP contribution in [-0.4, -0.2) is 4.92 Å². The number of nitrogens with zero attached hydrogens (tertiary/aromatic N) is 1. The van der Waals surface area contributed by atoms with Crippen molar-refractivity contribution in [2.45, 2.75) is 19.8 Å². The monoisotopic (exact) mass is 274 g/mol. The summed E-state index contributed by atoms with van der Waals surface area (Å²) in [5.41, 5.74) is 6.29. The fraction of sp³-hybridized carbons (Fsp3) is 0.214. The van der Waals surface area contributed by atoms with E-state index < -0.39 is 10.5 Å². The maximum atomic E-state index is 11.7. The van der Waals surface area contributed by atoms with Gasteiger partial charge < -0.3 is 10.2 Å². The summed E-state index contributed by atoms with van der Waals surface area (Å²) in [6.45, 7) is 1.97. The highest BCUT2D eigenvalue weighted by atomic mass is 16.6. The van der Waals surface area contributed by atoms with Gasteiger partial charge in [-0.1, -0.05) is 25.5 Å². The third kappa shape index (κ3) is 2.69. The number of nitrogen functional groups attached to an aromatic ring is 1. The Bertz CT molecular complexity index is 707. The topological polar surface area (TPSA) is 99.4 Å². The average Bonchev–Trinajstić information content (AvgIpc) is 2.44. The standard InChI is InChI=1S/C14H14N2O4/c1-2-4-10-8-12(20-14(17)13(10)15)9-5-3-6-11(7-9)16(18)19/h3,5-8H,2,4,15H2,1H3. The Morgan fingerprint density at radius 2 is 2.10 bits per heavy atom. The van der Waals surface area contributed by atoms with Gasteiger partial charge in [0.2, 0.25) is 0 Å². The number of benzene rings is 1. The molecule has 0 saturated heterocycles. The molecule has 0 aliphatic heterocycles. The fourth-order valence-electron chi connectivity index (χ4n) is 1.94. The predicted molar refractivity (Wildman–Crippen MR) is 75.5 cm³/mol. The Labute approximate surface area is 115 Å². The van der Waals surface area contributed by atoms with Gasteiger partial charge in [-0.05, 0) is 18.1 Å². The second-order valence-corrected chi connectivity index (χ2v) is 4.39. The molecule has 6 heteroatoms. The molecule has 1 aromatic heterocycles. The molecule has 20 heavy (non-hydrogen) atoms. The molecule has 2 rings (SSSR count). The van der Waals surface area contributed by atoms with Crippen molar-refractivity contribution in [3.05, 3.63) is 56.4 Å². The van der Waals surface area contributed by atoms with Crippen LogP contribution in [0.25, 0.3) is 11.3 Å². The van der Waals surface area contributed by atoms with Crippen LogP contribution < -0.4 is 11.4 Å². The largest absolute Gasteiger partial charge is 0.421 e. The summed E-state index contributed by atoms with van der Waals surface area (Å²) in [6, 6.07) is 7.61. The van der Waals surface area contributed by atoms with E-state index in [0.29, 0.717) is 17.5 Å². The van der Waals surface area contributed by atoms with E-state index in [1.807, 2.05) is 6.92 Å². The van der Waals surface area contributed by atoms with Crippen LogP contribution in [0.5, 0.6) is 0 Å². The molecule has 0 spiro atoms. The van der Waals surface area contributed by atoms with E-state index in [2.05, 4.69) is 0 Å². The van der Waals surface area contributed by atoms with Crippen LogP contribution in [0.3, 0.4) is 0 Å². The molecule has 6 nitrogen and oxygen atoms in total. The molecule has 2 N–H and O–H groups in total. The fourth-order valence-corrected chi connectivity index (χ4v) is 1.94. The van der Waals surface area contributed by atoms with Gasteiger partial charge in [-0.2, -0.15) is 0 Å². The molecule has 0 unspecified atom stereocenters. The Morgan fingerprint density at radius 1 is 1.35 bits per heavy atom. The first-order chi connectivity index (χ1) is 9.52. The zero-order valence-electron chi connectivity index (χ0n) is 11.0. The average molecular weight is 274 g/mol. The van der Waals surface area contributed by atoms with Gasteiger partial charge in [-0.15, -0.1) is 0 Å². The first-order valence-corrected chi connectivity index (χ1v) is 6.20. The van der Waals surface area contributed by atoms with Gasteiger partial charge in [0.05, 0.1) is 4.92 Å². The number of hydrogen-bond donors (Lipinski definition) is 1. The van der Waals surface area contributed by atoms with Crippen LogP contribution in [0, 0.1) is 10.1 Å². The van der Waals surface area contributed by atoms with Crippen LogP contribution >= 0.6 is 0 Å². The van der Waals surface area contributed by atoms with Crippen LogP contribution in [-0.2, 0) is 6.42 Å². The normalized spacial score (nSPS) is 10.4. The lowest BCUT2D eigenvalue weighted by molar-refractivity contribution is -0.384. The maximum Gasteiger partial charge on any atom is 0.359 e. The maximum absolute atomic E-state index is 11.7. The summed E-state index contributed by atoms with van der Waals surface area (Å²) in [7, 11) is 0. The first kappa shape index (κ1) is 13.8. The Morgan fingerprint density at radius 3 is 2.75 bits per heavy atom. The Kier molecular flexibility index (Phi) is 3.84. The third-order valence-electron chi connectivity index (χ3n) is 2.93. The molecule has 0 radical (unpaired) electrons. The molecule has 0 amide bonds. The predicted octanol–water partition coefficient (Wildman–Crippen LogP) is 2.75. The van der Waals surface area contributed by atoms with E-state index >= 15 is 0 Å². The molecule has 0 saturated carbocycles. The highest BCUT2D eigenvalue weighted by Gasteiger charge is 2.12. The zero-order valence-corrected chi connectivity index (χ0v) is 11.0. The van der Waals surface area contributed by atoms with Gasteiger partial charge >= 0.3 is 5.63 Å². The number of anilines is 1. The molecular weight excluding hydrogens is 260 g/mol. The number of hydrogen-bond acceptors (Lipinski definition) is 5. The molecule has 0 aliphatic rings. The summed E-state index contributed by atoms with van der Waals surface area (Å²) in [6.07, 6.45) is 1.49. The summed E-state index contributed by atoms with van der Waals surface area (Å²) in [5, 5.41) is 10.8. The van der Waals surface area contributed by atoms with E-state index in [-0.39, 0.29) is 17.1 Å². The van der Waals surface area contributed by atoms with Gasteiger partial charge in [-0.3, -0.25) is 10.1 Å². The Hall–Kier alpha value is -2.63. The number of nitro benzene ring substituents is 1. The van der Waals surface area contributed by atoms with E-state index in [1.165, 1.54) is 12.1 Å². The molecule has 104 valence electrons. The molecule has 0 bridgehead atoms. The van der Waals surface area contributed by atoms with Crippen molar-refractivity contribution >= 4 is 11.4 Å². The molecule has 0 fully saturated rings. The highest BCUT2D eigenvalue weighted by molar-refractivity contribution is 5.63. The Balaban J connectivity index is 2.55. The van der Waals surface area contributed by atoms with E-state index in [9.17, 15) is 14.9 Å². The van der Waals surface area contributed by atoms with Crippen molar-refractivity contribution in [2.75, 3.05) is 5.73 Å². The van der Waals surface area contributed by atoms with Crippen molar-refractivity contribution < 1.29 is 9.34 Å². The summed E-state index contributed by atoms with van der Waals surface area (Å²) in [5.74, 6) is 0.288. The smallest absolute Gasteiger partial charge is 0.359 e. The molecule has 0 aliphatic carbocycles. The van der Waals surface area contributed by atoms with Crippen molar-refractivity contribution in [1.29, 1.82) is 0 Å². The van der Waals surface area contributed by atoms with Gasteiger partial charge in [0.1, 0.15) is 11.4 Å². The highest BCUT2D eigenvalue weighted by Crippen LogP contribution is 2.25. The van der Waals surface area contributed by atoms with E-state index in [0.717, 1.165) is 6.42 Å². The van der Waals surface area contributed by atoms with Crippen LogP contribution in [0.15, 0.2) is 39.5 Å². The van der Waals surface area contributed by atoms with Crippen molar-refractivity contribution in [3.8, 4) is 11.3 Å². The lowest BCUT2D eigenvalue weighted by Gasteiger charge is -2.06. The minimum absolute atomic E-state index is 0.0565. The first-order valence-electron chi connectivity index (χ1n) is 6.20. The second kappa shape index (κ2) is 5.56. The molecule has 1 heterocycles. The van der Waals surface area contributed by atoms with Crippen LogP contribution in [0.2, 0.25) is 0 Å². The van der Waals surface area contributed by atoms with E-state index in [4.69, 9.17) is 10.2 Å². The molecule has 2 aromatic rings. The second-order valence-electron chi connectivity index (χ2n) is 4.39. The molecular formula is C14H14N2O4. The lowest BCUT2D eigenvalue weighted by Crippen LogP contribution is -2.10. The van der Waals surface area contributed by atoms with Gasteiger partial charge in [0.15, 0.2) is 0 Å². The number of non-ortho nitro benzene ring substituents is 1. The van der Waals surface area contributed by atoms with Crippen molar-refractivity contribution in [2.24, 2.45) is 0 Å². The van der Waals surface area contributed by atoms with Gasteiger partial charge in [-0.25, -0.2) is 4.79 Å². The van der Waals surface area contributed by atoms with Gasteiger partial charge in [0, 0.05) is 17.7 Å². The molecule has 0 atom stereocenters. The zero-order chi connectivity index (χ0) is 14.7. The molecule has 1 aromatic carbocycles. The number of nitrogens with two attached hydrogens (primary N) is 1. The summed E-state index contributed by atoms with van der Waals surface area (Å²) < 4.78 is 5.11. The lowest BCUT2D eigenvalue weighted by atomic mass is 10.1.